The maximum Gasteiger partial charge on any atom is 0.304 e. The molecule has 0 aromatic rings. The summed E-state index contributed by atoms with van der Waals surface area (Å²) in [5.41, 5.74) is 0.444. The summed E-state index contributed by atoms with van der Waals surface area (Å²) < 4.78 is 0. The number of nitrogens with zero attached hydrogens (tertiary/aromatic N) is 1. The molecule has 2 aliphatic rings. The van der Waals surface area contributed by atoms with E-state index >= 15 is 0 Å². The molecule has 1 unspecified atom stereocenters. The second-order valence-electron chi connectivity index (χ2n) is 6.53. The fourth-order valence-corrected chi connectivity index (χ4v) is 3.24. The minimum Gasteiger partial charge on any atom is -0.481 e. The van der Waals surface area contributed by atoms with Gasteiger partial charge in [0.05, 0.1) is 6.42 Å². The Morgan fingerprint density at radius 1 is 1.29 bits per heavy atom. The van der Waals surface area contributed by atoms with E-state index in [-0.39, 0.29) is 0 Å². The number of carbonyl (C=O) groups is 1. The number of rotatable bonds is 5. The van der Waals surface area contributed by atoms with Crippen molar-refractivity contribution in [3.8, 4) is 0 Å². The average molecular weight is 239 g/mol. The molecule has 98 valence electrons. The molecule has 3 nitrogen and oxygen atoms in total. The third kappa shape index (κ3) is 3.70. The smallest absolute Gasteiger partial charge is 0.304 e. The van der Waals surface area contributed by atoms with Crippen LogP contribution in [0.5, 0.6) is 0 Å². The highest BCUT2D eigenvalue weighted by atomic mass is 16.4. The third-order valence-corrected chi connectivity index (χ3v) is 4.25. The lowest BCUT2D eigenvalue weighted by Gasteiger charge is -2.41. The zero-order chi connectivity index (χ0) is 12.5. The molecule has 0 aromatic carbocycles. The SMILES string of the molecule is CC1(C)CCCC(N(CCC(=O)O)C2CC2)C1. The lowest BCUT2D eigenvalue weighted by molar-refractivity contribution is -0.137. The zero-order valence-corrected chi connectivity index (χ0v) is 11.1. The molecule has 2 fully saturated rings. The Hall–Kier alpha value is -0.570. The molecule has 0 aromatic heterocycles. The van der Waals surface area contributed by atoms with E-state index in [1.54, 1.807) is 0 Å². The number of carboxylic acids is 1. The highest BCUT2D eigenvalue weighted by Crippen LogP contribution is 2.40. The fourth-order valence-electron chi connectivity index (χ4n) is 3.24. The Morgan fingerprint density at radius 2 is 2.00 bits per heavy atom. The molecule has 1 atom stereocenters. The van der Waals surface area contributed by atoms with Gasteiger partial charge in [-0.2, -0.15) is 0 Å². The molecule has 0 amide bonds. The van der Waals surface area contributed by atoms with Crippen molar-refractivity contribution in [3.05, 3.63) is 0 Å². The lowest BCUT2D eigenvalue weighted by atomic mass is 9.74. The molecule has 2 saturated carbocycles. The maximum absolute atomic E-state index is 10.7. The van der Waals surface area contributed by atoms with Crippen LogP contribution in [-0.4, -0.2) is 34.6 Å². The van der Waals surface area contributed by atoms with Crippen molar-refractivity contribution in [3.63, 3.8) is 0 Å². The van der Waals surface area contributed by atoms with Gasteiger partial charge in [-0.3, -0.25) is 9.69 Å². The molecule has 0 saturated heterocycles. The van der Waals surface area contributed by atoms with Crippen LogP contribution < -0.4 is 0 Å². The molecule has 0 bridgehead atoms. The van der Waals surface area contributed by atoms with E-state index in [0.29, 0.717) is 23.9 Å². The van der Waals surface area contributed by atoms with Crippen LogP contribution in [0.4, 0.5) is 0 Å². The van der Waals surface area contributed by atoms with Crippen LogP contribution in [0.2, 0.25) is 0 Å². The topological polar surface area (TPSA) is 40.5 Å². The highest BCUT2D eigenvalue weighted by Gasteiger charge is 2.38. The minimum absolute atomic E-state index is 0.299. The van der Waals surface area contributed by atoms with Gasteiger partial charge in [-0.25, -0.2) is 0 Å². The summed E-state index contributed by atoms with van der Waals surface area (Å²) in [7, 11) is 0. The van der Waals surface area contributed by atoms with Crippen molar-refractivity contribution in [2.75, 3.05) is 6.54 Å². The van der Waals surface area contributed by atoms with Gasteiger partial charge in [0.25, 0.3) is 0 Å². The van der Waals surface area contributed by atoms with Crippen molar-refractivity contribution in [2.24, 2.45) is 5.41 Å². The first-order valence-corrected chi connectivity index (χ1v) is 6.95. The summed E-state index contributed by atoms with van der Waals surface area (Å²) in [6.45, 7) is 5.45. The average Bonchev–Trinajstić information content (AvgIpc) is 3.00. The summed E-state index contributed by atoms with van der Waals surface area (Å²) in [4.78, 5) is 13.2. The van der Waals surface area contributed by atoms with Crippen molar-refractivity contribution in [2.45, 2.75) is 70.9 Å². The summed E-state index contributed by atoms with van der Waals surface area (Å²) in [6.07, 6.45) is 7.97. The molecular formula is C14H25NO2. The highest BCUT2D eigenvalue weighted by molar-refractivity contribution is 5.66. The summed E-state index contributed by atoms with van der Waals surface area (Å²) in [6, 6.07) is 1.32. The zero-order valence-electron chi connectivity index (χ0n) is 11.1. The van der Waals surface area contributed by atoms with E-state index < -0.39 is 5.97 Å². The van der Waals surface area contributed by atoms with Crippen LogP contribution in [0.3, 0.4) is 0 Å². The van der Waals surface area contributed by atoms with Crippen molar-refractivity contribution in [1.82, 2.24) is 4.90 Å². The quantitative estimate of drug-likeness (QED) is 0.802. The molecule has 3 heteroatoms. The van der Waals surface area contributed by atoms with E-state index in [1.165, 1.54) is 38.5 Å². The van der Waals surface area contributed by atoms with Crippen LogP contribution in [0, 0.1) is 5.41 Å². The molecular weight excluding hydrogens is 214 g/mol. The normalized spacial score (nSPS) is 28.3. The van der Waals surface area contributed by atoms with E-state index in [1.807, 2.05) is 0 Å². The summed E-state index contributed by atoms with van der Waals surface area (Å²) in [5, 5.41) is 8.84. The molecule has 0 heterocycles. The first-order valence-electron chi connectivity index (χ1n) is 6.95. The maximum atomic E-state index is 10.7. The number of hydrogen-bond donors (Lipinski definition) is 1. The van der Waals surface area contributed by atoms with Gasteiger partial charge in [-0.05, 0) is 37.5 Å². The van der Waals surface area contributed by atoms with Crippen LogP contribution in [0.15, 0.2) is 0 Å². The van der Waals surface area contributed by atoms with E-state index in [9.17, 15) is 4.79 Å². The predicted octanol–water partition coefficient (Wildman–Crippen LogP) is 2.89. The van der Waals surface area contributed by atoms with Gasteiger partial charge < -0.3 is 5.11 Å². The standard InChI is InChI=1S/C14H25NO2/c1-14(2)8-3-4-12(10-14)15(11-5-6-11)9-7-13(16)17/h11-12H,3-10H2,1-2H3,(H,16,17). The fraction of sp³-hybridized carbons (Fsp3) is 0.929. The predicted molar refractivity (Wildman–Crippen MR) is 68.0 cm³/mol. The van der Waals surface area contributed by atoms with Crippen molar-refractivity contribution < 1.29 is 9.90 Å². The molecule has 17 heavy (non-hydrogen) atoms. The van der Waals surface area contributed by atoms with Gasteiger partial charge in [0.15, 0.2) is 0 Å². The second kappa shape index (κ2) is 4.97. The van der Waals surface area contributed by atoms with Crippen molar-refractivity contribution in [1.29, 1.82) is 0 Å². The first kappa shape index (κ1) is 12.9. The number of carboxylic acid groups (broad SMARTS) is 1. The number of hydrogen-bond acceptors (Lipinski definition) is 2. The van der Waals surface area contributed by atoms with Crippen LogP contribution >= 0.6 is 0 Å². The van der Waals surface area contributed by atoms with Gasteiger partial charge in [0.2, 0.25) is 0 Å². The molecule has 2 aliphatic carbocycles. The third-order valence-electron chi connectivity index (χ3n) is 4.25. The summed E-state index contributed by atoms with van der Waals surface area (Å²) in [5.74, 6) is -0.661. The first-order chi connectivity index (χ1) is 7.98. The molecule has 0 radical (unpaired) electrons. The van der Waals surface area contributed by atoms with E-state index in [0.717, 1.165) is 6.54 Å². The Kier molecular flexibility index (Phi) is 3.76. The Morgan fingerprint density at radius 3 is 2.53 bits per heavy atom. The van der Waals surface area contributed by atoms with Gasteiger partial charge >= 0.3 is 5.97 Å². The largest absolute Gasteiger partial charge is 0.481 e. The summed E-state index contributed by atoms with van der Waals surface area (Å²) >= 11 is 0. The van der Waals surface area contributed by atoms with Gasteiger partial charge in [0, 0.05) is 18.6 Å². The lowest BCUT2D eigenvalue weighted by Crippen LogP contribution is -2.43. The van der Waals surface area contributed by atoms with Crippen LogP contribution in [-0.2, 0) is 4.79 Å². The second-order valence-corrected chi connectivity index (χ2v) is 6.53. The van der Waals surface area contributed by atoms with Crippen LogP contribution in [0.1, 0.15) is 58.8 Å². The molecule has 1 N–H and O–H groups in total. The van der Waals surface area contributed by atoms with Crippen LogP contribution in [0.25, 0.3) is 0 Å². The molecule has 0 spiro atoms. The van der Waals surface area contributed by atoms with Crippen molar-refractivity contribution >= 4 is 5.97 Å². The molecule has 0 aliphatic heterocycles. The van der Waals surface area contributed by atoms with Gasteiger partial charge in [-0.15, -0.1) is 0 Å². The Balaban J connectivity index is 1.93. The van der Waals surface area contributed by atoms with Gasteiger partial charge in [0.1, 0.15) is 0 Å². The van der Waals surface area contributed by atoms with Gasteiger partial charge in [-0.1, -0.05) is 20.3 Å². The van der Waals surface area contributed by atoms with E-state index in [4.69, 9.17) is 5.11 Å². The molecule has 2 rings (SSSR count). The minimum atomic E-state index is -0.661. The number of aliphatic carboxylic acids is 1. The Labute approximate surface area is 104 Å². The Bertz CT molecular complexity index is 284. The monoisotopic (exact) mass is 239 g/mol. The van der Waals surface area contributed by atoms with E-state index in [2.05, 4.69) is 18.7 Å².